The summed E-state index contributed by atoms with van der Waals surface area (Å²) < 4.78 is 5.55. The lowest BCUT2D eigenvalue weighted by atomic mass is 10.2. The normalized spacial score (nSPS) is 14.0. The van der Waals surface area contributed by atoms with Gasteiger partial charge < -0.3 is 20.5 Å². The molecule has 3 N–H and O–H groups in total. The van der Waals surface area contributed by atoms with Gasteiger partial charge in [0.25, 0.3) is 11.8 Å². The Bertz CT molecular complexity index is 581. The van der Waals surface area contributed by atoms with E-state index in [0.29, 0.717) is 19.6 Å². The molecule has 1 aliphatic rings. The van der Waals surface area contributed by atoms with Crippen molar-refractivity contribution in [2.24, 2.45) is 0 Å². The van der Waals surface area contributed by atoms with Gasteiger partial charge in [-0.1, -0.05) is 12.1 Å². The molecule has 0 aliphatic carbocycles. The molecule has 21 heavy (non-hydrogen) atoms. The number of rotatable bonds is 6. The molecule has 0 spiro atoms. The fraction of sp³-hybridized carbons (Fsp3) is 0.333. The van der Waals surface area contributed by atoms with Crippen molar-refractivity contribution in [2.75, 3.05) is 19.7 Å². The maximum atomic E-state index is 11.7. The quantitative estimate of drug-likeness (QED) is 0.677. The number of hydrogen-bond donors (Lipinski definition) is 3. The smallest absolute Gasteiger partial charge is 0.286 e. The lowest BCUT2D eigenvalue weighted by Gasteiger charge is -2.08. The summed E-state index contributed by atoms with van der Waals surface area (Å²) in [6.45, 7) is 2.95. The van der Waals surface area contributed by atoms with Crippen molar-refractivity contribution in [1.82, 2.24) is 10.6 Å². The molecule has 112 valence electrons. The number of nitrogens with one attached hydrogen (secondary N) is 2. The SMILES string of the molecule is Cc1cccc(OCCCNC(=O)C2=C(O)C(=O)NC2)c1. The van der Waals surface area contributed by atoms with E-state index in [1.807, 2.05) is 31.2 Å². The van der Waals surface area contributed by atoms with Gasteiger partial charge in [0.2, 0.25) is 0 Å². The van der Waals surface area contributed by atoms with E-state index in [0.717, 1.165) is 11.3 Å². The molecule has 0 saturated carbocycles. The van der Waals surface area contributed by atoms with Crippen LogP contribution in [0.2, 0.25) is 0 Å². The minimum Gasteiger partial charge on any atom is -0.503 e. The number of carbonyl (C=O) groups is 2. The molecule has 1 heterocycles. The summed E-state index contributed by atoms with van der Waals surface area (Å²) in [6.07, 6.45) is 0.634. The minimum atomic E-state index is -0.608. The van der Waals surface area contributed by atoms with E-state index in [9.17, 15) is 14.7 Å². The van der Waals surface area contributed by atoms with Crippen molar-refractivity contribution in [1.29, 1.82) is 0 Å². The van der Waals surface area contributed by atoms with E-state index in [2.05, 4.69) is 10.6 Å². The van der Waals surface area contributed by atoms with E-state index in [4.69, 9.17) is 4.74 Å². The standard InChI is InChI=1S/C15H18N2O4/c1-10-4-2-5-11(8-10)21-7-3-6-16-14(19)12-9-17-15(20)13(12)18/h2,4-5,8,18H,3,6-7,9H2,1H3,(H,16,19)(H,17,20). The zero-order chi connectivity index (χ0) is 15.2. The van der Waals surface area contributed by atoms with Crippen LogP contribution in [0.25, 0.3) is 0 Å². The molecule has 6 heteroatoms. The fourth-order valence-corrected chi connectivity index (χ4v) is 1.94. The average Bonchev–Trinajstić information content (AvgIpc) is 2.78. The largest absolute Gasteiger partial charge is 0.503 e. The lowest BCUT2D eigenvalue weighted by molar-refractivity contribution is -0.120. The molecule has 0 fully saturated rings. The first-order valence-corrected chi connectivity index (χ1v) is 6.76. The van der Waals surface area contributed by atoms with Gasteiger partial charge >= 0.3 is 0 Å². The number of amides is 2. The van der Waals surface area contributed by atoms with Gasteiger partial charge in [-0.15, -0.1) is 0 Å². The van der Waals surface area contributed by atoms with Crippen LogP contribution in [-0.2, 0) is 9.59 Å². The Morgan fingerprint density at radius 2 is 2.29 bits per heavy atom. The highest BCUT2D eigenvalue weighted by atomic mass is 16.5. The summed E-state index contributed by atoms with van der Waals surface area (Å²) in [5.74, 6) is -0.736. The van der Waals surface area contributed by atoms with E-state index in [1.54, 1.807) is 0 Å². The Morgan fingerprint density at radius 1 is 1.48 bits per heavy atom. The van der Waals surface area contributed by atoms with E-state index < -0.39 is 17.6 Å². The first-order chi connectivity index (χ1) is 10.1. The average molecular weight is 290 g/mol. The summed E-state index contributed by atoms with van der Waals surface area (Å²) in [5, 5.41) is 14.4. The Kier molecular flexibility index (Phi) is 4.81. The molecule has 2 amide bonds. The van der Waals surface area contributed by atoms with Crippen LogP contribution in [0.4, 0.5) is 0 Å². The number of aliphatic hydroxyl groups excluding tert-OH is 1. The topological polar surface area (TPSA) is 87.7 Å². The molecule has 0 radical (unpaired) electrons. The summed E-state index contributed by atoms with van der Waals surface area (Å²) in [4.78, 5) is 22.7. The zero-order valence-electron chi connectivity index (χ0n) is 11.8. The Hall–Kier alpha value is -2.50. The van der Waals surface area contributed by atoms with Crippen molar-refractivity contribution in [3.8, 4) is 5.75 Å². The van der Waals surface area contributed by atoms with Gasteiger partial charge in [0.05, 0.1) is 18.7 Å². The maximum absolute atomic E-state index is 11.7. The van der Waals surface area contributed by atoms with Crippen molar-refractivity contribution in [3.05, 3.63) is 41.2 Å². The summed E-state index contributed by atoms with van der Waals surface area (Å²) in [7, 11) is 0. The van der Waals surface area contributed by atoms with Gasteiger partial charge in [-0.25, -0.2) is 0 Å². The van der Waals surface area contributed by atoms with E-state index >= 15 is 0 Å². The van der Waals surface area contributed by atoms with Gasteiger partial charge in [-0.2, -0.15) is 0 Å². The number of benzene rings is 1. The maximum Gasteiger partial charge on any atom is 0.286 e. The fourth-order valence-electron chi connectivity index (χ4n) is 1.94. The number of carbonyl (C=O) groups excluding carboxylic acids is 2. The molecule has 0 bridgehead atoms. The second-order valence-corrected chi connectivity index (χ2v) is 4.78. The third kappa shape index (κ3) is 3.98. The second-order valence-electron chi connectivity index (χ2n) is 4.78. The van der Waals surface area contributed by atoms with Gasteiger partial charge in [-0.05, 0) is 31.0 Å². The molecule has 1 aromatic carbocycles. The van der Waals surface area contributed by atoms with E-state index in [-0.39, 0.29) is 12.1 Å². The molecule has 6 nitrogen and oxygen atoms in total. The van der Waals surface area contributed by atoms with Gasteiger partial charge in [0, 0.05) is 6.54 Å². The predicted molar refractivity (Wildman–Crippen MR) is 77.0 cm³/mol. The van der Waals surface area contributed by atoms with Crippen LogP contribution in [0, 0.1) is 6.92 Å². The highest BCUT2D eigenvalue weighted by molar-refractivity contribution is 6.06. The summed E-state index contributed by atoms with van der Waals surface area (Å²) in [5.41, 5.74) is 1.21. The molecular weight excluding hydrogens is 272 g/mol. The van der Waals surface area contributed by atoms with Crippen molar-refractivity contribution >= 4 is 11.8 Å². The van der Waals surface area contributed by atoms with Gasteiger partial charge in [0.15, 0.2) is 5.76 Å². The van der Waals surface area contributed by atoms with Crippen molar-refractivity contribution in [2.45, 2.75) is 13.3 Å². The molecular formula is C15H18N2O4. The third-order valence-electron chi connectivity index (χ3n) is 3.07. The zero-order valence-corrected chi connectivity index (χ0v) is 11.8. The second kappa shape index (κ2) is 6.78. The molecule has 1 aromatic rings. The molecule has 1 aliphatic heterocycles. The monoisotopic (exact) mass is 290 g/mol. The minimum absolute atomic E-state index is 0.0658. The van der Waals surface area contributed by atoms with Crippen molar-refractivity contribution in [3.63, 3.8) is 0 Å². The van der Waals surface area contributed by atoms with Crippen molar-refractivity contribution < 1.29 is 19.4 Å². The molecule has 0 atom stereocenters. The van der Waals surface area contributed by atoms with Crippen LogP contribution < -0.4 is 15.4 Å². The van der Waals surface area contributed by atoms with Crippen LogP contribution in [0.3, 0.4) is 0 Å². The van der Waals surface area contributed by atoms with Gasteiger partial charge in [-0.3, -0.25) is 9.59 Å². The van der Waals surface area contributed by atoms with Crippen LogP contribution in [0.1, 0.15) is 12.0 Å². The van der Waals surface area contributed by atoms with Crippen LogP contribution in [-0.4, -0.2) is 36.6 Å². The molecule has 0 aromatic heterocycles. The Balaban J connectivity index is 1.68. The van der Waals surface area contributed by atoms with Gasteiger partial charge in [0.1, 0.15) is 5.75 Å². The highest BCUT2D eigenvalue weighted by Gasteiger charge is 2.26. The number of hydrogen-bond acceptors (Lipinski definition) is 4. The summed E-state index contributed by atoms with van der Waals surface area (Å²) in [6, 6.07) is 7.73. The lowest BCUT2D eigenvalue weighted by Crippen LogP contribution is -2.29. The first kappa shape index (κ1) is 14.9. The Labute approximate surface area is 122 Å². The molecule has 2 rings (SSSR count). The Morgan fingerprint density at radius 3 is 2.95 bits per heavy atom. The molecule has 0 unspecified atom stereocenters. The highest BCUT2D eigenvalue weighted by Crippen LogP contribution is 2.12. The number of aliphatic hydroxyl groups is 1. The van der Waals surface area contributed by atoms with E-state index in [1.165, 1.54) is 0 Å². The summed E-state index contributed by atoms with van der Waals surface area (Å²) >= 11 is 0. The predicted octanol–water partition coefficient (Wildman–Crippen LogP) is 0.822. The van der Waals surface area contributed by atoms with Crippen LogP contribution >= 0.6 is 0 Å². The van der Waals surface area contributed by atoms with Crippen LogP contribution in [0.5, 0.6) is 5.75 Å². The number of aryl methyl sites for hydroxylation is 1. The molecule has 0 saturated heterocycles. The number of ether oxygens (including phenoxy) is 1. The van der Waals surface area contributed by atoms with Crippen LogP contribution in [0.15, 0.2) is 35.6 Å². The third-order valence-corrected chi connectivity index (χ3v) is 3.07. The first-order valence-electron chi connectivity index (χ1n) is 6.76.